The van der Waals surface area contributed by atoms with E-state index in [1.165, 1.54) is 24.3 Å². The van der Waals surface area contributed by atoms with E-state index in [4.69, 9.17) is 11.5 Å². The largest absolute Gasteiger partial charge is 0.382 e. The van der Waals surface area contributed by atoms with Crippen molar-refractivity contribution in [3.05, 3.63) is 58.9 Å². The number of hydrogen-bond acceptors (Lipinski definition) is 8. The van der Waals surface area contributed by atoms with E-state index in [9.17, 15) is 14.0 Å². The van der Waals surface area contributed by atoms with Crippen LogP contribution in [0.4, 0.5) is 26.8 Å². The molecular weight excluding hydrogens is 467 g/mol. The van der Waals surface area contributed by atoms with Crippen LogP contribution in [0.2, 0.25) is 0 Å². The first-order valence-electron chi connectivity index (χ1n) is 11.4. The zero-order valence-corrected chi connectivity index (χ0v) is 20.8. The average Bonchev–Trinajstić information content (AvgIpc) is 3.21. The summed E-state index contributed by atoms with van der Waals surface area (Å²) < 4.78 is 13.5. The molecule has 1 atom stereocenters. The van der Waals surface area contributed by atoms with Crippen molar-refractivity contribution in [2.45, 2.75) is 39.7 Å². The number of primary amides is 1. The van der Waals surface area contributed by atoms with E-state index in [0.29, 0.717) is 21.8 Å². The van der Waals surface area contributed by atoms with E-state index < -0.39 is 17.8 Å². The maximum absolute atomic E-state index is 13.5. The first kappa shape index (κ1) is 24.6. The first-order valence-corrected chi connectivity index (χ1v) is 12.2. The smallest absolute Gasteiger partial charge is 0.240 e. The van der Waals surface area contributed by atoms with E-state index in [0.717, 1.165) is 43.1 Å². The number of thiazole rings is 1. The highest BCUT2D eigenvalue weighted by molar-refractivity contribution is 7.18. The number of amides is 1. The number of anilines is 4. The number of benzene rings is 1. The first-order chi connectivity index (χ1) is 16.6. The van der Waals surface area contributed by atoms with E-state index in [-0.39, 0.29) is 16.5 Å². The molecule has 35 heavy (non-hydrogen) atoms. The van der Waals surface area contributed by atoms with Gasteiger partial charge in [-0.1, -0.05) is 25.2 Å². The summed E-state index contributed by atoms with van der Waals surface area (Å²) in [6.45, 7) is 8.00. The minimum Gasteiger partial charge on any atom is -0.382 e. The summed E-state index contributed by atoms with van der Waals surface area (Å²) in [6.07, 6.45) is 3.73. The van der Waals surface area contributed by atoms with Gasteiger partial charge in [0.05, 0.1) is 0 Å². The lowest BCUT2D eigenvalue weighted by atomic mass is 9.83. The van der Waals surface area contributed by atoms with Crippen LogP contribution in [0.3, 0.4) is 0 Å². The van der Waals surface area contributed by atoms with Crippen LogP contribution < -0.4 is 21.3 Å². The predicted octanol–water partition coefficient (Wildman–Crippen LogP) is 4.13. The number of nitrogen functional groups attached to an aromatic ring is 1. The summed E-state index contributed by atoms with van der Waals surface area (Å²) in [5.74, 6) is -0.444. The summed E-state index contributed by atoms with van der Waals surface area (Å²) >= 11 is 1.05. The Bertz CT molecular complexity index is 1220. The van der Waals surface area contributed by atoms with Gasteiger partial charge < -0.3 is 21.3 Å². The summed E-state index contributed by atoms with van der Waals surface area (Å²) in [5, 5.41) is 0.310. The predicted molar refractivity (Wildman–Crippen MR) is 137 cm³/mol. The molecular formula is C25H29FN6O2S. The minimum absolute atomic E-state index is 0.0427. The van der Waals surface area contributed by atoms with Gasteiger partial charge in [-0.2, -0.15) is 0 Å². The number of piperidine rings is 1. The fourth-order valence-electron chi connectivity index (χ4n) is 3.99. The molecule has 10 heteroatoms. The zero-order chi connectivity index (χ0) is 25.3. The quantitative estimate of drug-likeness (QED) is 0.472. The van der Waals surface area contributed by atoms with Crippen LogP contribution >= 0.6 is 11.3 Å². The van der Waals surface area contributed by atoms with Gasteiger partial charge in [0.1, 0.15) is 28.4 Å². The number of ketones is 1. The van der Waals surface area contributed by atoms with Gasteiger partial charge in [-0.25, -0.2) is 14.4 Å². The Morgan fingerprint density at radius 3 is 2.37 bits per heavy atom. The Kier molecular flexibility index (Phi) is 6.75. The van der Waals surface area contributed by atoms with Crippen LogP contribution in [0.15, 0.2) is 42.6 Å². The molecule has 1 fully saturated rings. The molecule has 1 aliphatic rings. The van der Waals surface area contributed by atoms with Gasteiger partial charge in [0.2, 0.25) is 11.7 Å². The van der Waals surface area contributed by atoms with Crippen molar-refractivity contribution in [3.8, 4) is 0 Å². The zero-order valence-electron chi connectivity index (χ0n) is 20.0. The molecule has 1 aromatic carbocycles. The van der Waals surface area contributed by atoms with Crippen LogP contribution in [0.1, 0.15) is 48.8 Å². The third-order valence-corrected chi connectivity index (χ3v) is 7.48. The molecule has 1 aliphatic heterocycles. The number of pyridine rings is 1. The minimum atomic E-state index is -0.801. The van der Waals surface area contributed by atoms with Crippen LogP contribution in [0.5, 0.6) is 0 Å². The van der Waals surface area contributed by atoms with Crippen molar-refractivity contribution in [1.82, 2.24) is 9.97 Å². The van der Waals surface area contributed by atoms with Gasteiger partial charge in [-0.05, 0) is 61.6 Å². The standard InChI is InChI=1S/C25H29FN6O2S/c1-15(23(28)34)32(18-7-5-17(26)6-8-18)24-30-22(27)21(35-24)20(33)16-4-9-19(29-14-16)31-12-10-25(2,3)11-13-31/h4-9,14-15H,10-13,27H2,1-3H3,(H2,28,34). The molecule has 184 valence electrons. The number of halogens is 1. The molecule has 1 amide bonds. The van der Waals surface area contributed by atoms with Gasteiger partial charge in [0.25, 0.3) is 0 Å². The maximum atomic E-state index is 13.5. The van der Waals surface area contributed by atoms with Crippen molar-refractivity contribution in [1.29, 1.82) is 0 Å². The molecule has 1 saturated heterocycles. The molecule has 0 spiro atoms. The molecule has 8 nitrogen and oxygen atoms in total. The fourth-order valence-corrected chi connectivity index (χ4v) is 5.04. The maximum Gasteiger partial charge on any atom is 0.240 e. The van der Waals surface area contributed by atoms with E-state index in [1.54, 1.807) is 24.1 Å². The second kappa shape index (κ2) is 9.61. The number of nitrogens with two attached hydrogens (primary N) is 2. The van der Waals surface area contributed by atoms with Crippen LogP contribution in [0, 0.1) is 11.2 Å². The highest BCUT2D eigenvalue weighted by Crippen LogP contribution is 2.36. The normalized spacial score (nSPS) is 16.1. The molecule has 3 aromatic rings. The Hall–Kier alpha value is -3.53. The van der Waals surface area contributed by atoms with Gasteiger partial charge in [-0.3, -0.25) is 9.59 Å². The third-order valence-electron chi connectivity index (χ3n) is 6.41. The van der Waals surface area contributed by atoms with Crippen molar-refractivity contribution in [3.63, 3.8) is 0 Å². The second-order valence-electron chi connectivity index (χ2n) is 9.52. The van der Waals surface area contributed by atoms with E-state index in [1.807, 2.05) is 6.07 Å². The number of nitrogens with zero attached hydrogens (tertiary/aromatic N) is 4. The highest BCUT2D eigenvalue weighted by atomic mass is 32.1. The molecule has 3 heterocycles. The summed E-state index contributed by atoms with van der Waals surface area (Å²) in [5.41, 5.74) is 12.9. The molecule has 0 aliphatic carbocycles. The summed E-state index contributed by atoms with van der Waals surface area (Å²) in [7, 11) is 0. The van der Waals surface area contributed by atoms with E-state index >= 15 is 0 Å². The van der Waals surface area contributed by atoms with Gasteiger partial charge in [0, 0.05) is 30.5 Å². The average molecular weight is 497 g/mol. The molecule has 1 unspecified atom stereocenters. The Labute approximate surface area is 207 Å². The summed E-state index contributed by atoms with van der Waals surface area (Å²) in [4.78, 5) is 38.1. The lowest BCUT2D eigenvalue weighted by Crippen LogP contribution is -2.39. The Balaban J connectivity index is 1.58. The molecule has 0 bridgehead atoms. The van der Waals surface area contributed by atoms with Gasteiger partial charge in [0.15, 0.2) is 5.13 Å². The topological polar surface area (TPSA) is 118 Å². The van der Waals surface area contributed by atoms with Crippen molar-refractivity contribution >= 4 is 45.5 Å². The van der Waals surface area contributed by atoms with Crippen molar-refractivity contribution in [2.75, 3.05) is 28.6 Å². The van der Waals surface area contributed by atoms with Crippen LogP contribution in [-0.4, -0.2) is 40.8 Å². The van der Waals surface area contributed by atoms with Crippen molar-refractivity contribution < 1.29 is 14.0 Å². The number of carbonyl (C=O) groups is 2. The molecule has 4 N–H and O–H groups in total. The lowest BCUT2D eigenvalue weighted by Gasteiger charge is -2.37. The molecule has 0 saturated carbocycles. The Morgan fingerprint density at radius 1 is 1.14 bits per heavy atom. The number of hydrogen-bond donors (Lipinski definition) is 2. The molecule has 0 radical (unpaired) electrons. The van der Waals surface area contributed by atoms with Crippen LogP contribution in [0.25, 0.3) is 0 Å². The Morgan fingerprint density at radius 2 is 1.80 bits per heavy atom. The second-order valence-corrected chi connectivity index (χ2v) is 10.5. The van der Waals surface area contributed by atoms with Crippen LogP contribution in [-0.2, 0) is 4.79 Å². The van der Waals surface area contributed by atoms with Gasteiger partial charge in [-0.15, -0.1) is 0 Å². The monoisotopic (exact) mass is 496 g/mol. The number of aromatic nitrogens is 2. The molecule has 2 aromatic heterocycles. The fraction of sp³-hybridized carbons (Fsp3) is 0.360. The molecule has 4 rings (SSSR count). The number of rotatable bonds is 7. The van der Waals surface area contributed by atoms with Crippen molar-refractivity contribution in [2.24, 2.45) is 11.1 Å². The SMILES string of the molecule is CC(C(N)=O)N(c1ccc(F)cc1)c1nc(N)c(C(=O)c2ccc(N3CCC(C)(C)CC3)nc2)s1. The van der Waals surface area contributed by atoms with Gasteiger partial charge >= 0.3 is 0 Å². The highest BCUT2D eigenvalue weighted by Gasteiger charge is 2.28. The number of carbonyl (C=O) groups excluding carboxylic acids is 2. The third kappa shape index (κ3) is 5.27. The lowest BCUT2D eigenvalue weighted by molar-refractivity contribution is -0.118. The van der Waals surface area contributed by atoms with E-state index in [2.05, 4.69) is 28.7 Å². The summed E-state index contributed by atoms with van der Waals surface area (Å²) in [6, 6.07) is 8.36.